The van der Waals surface area contributed by atoms with Gasteiger partial charge in [-0.05, 0) is 34.1 Å². The summed E-state index contributed by atoms with van der Waals surface area (Å²) in [5.41, 5.74) is 0.462. The summed E-state index contributed by atoms with van der Waals surface area (Å²) in [5.74, 6) is -0.295. The van der Waals surface area contributed by atoms with Crippen LogP contribution in [0.15, 0.2) is 12.2 Å². The fourth-order valence-corrected chi connectivity index (χ4v) is 1.98. The topological polar surface area (TPSA) is 54.0 Å². The minimum absolute atomic E-state index is 0.295. The molecule has 0 aliphatic heterocycles. The Hall–Kier alpha value is -0.693. The lowest BCUT2D eigenvalue weighted by atomic mass is 10.4. The molecule has 0 aromatic carbocycles. The average molecular weight is 292 g/mol. The lowest BCUT2D eigenvalue weighted by Gasteiger charge is -2.12. The Morgan fingerprint density at radius 1 is 1.00 bits per heavy atom. The highest BCUT2D eigenvalue weighted by Crippen LogP contribution is 1.92. The van der Waals surface area contributed by atoms with Gasteiger partial charge in [0.05, 0.1) is 6.61 Å². The molecule has 6 heteroatoms. The van der Waals surface area contributed by atoms with Gasteiger partial charge in [-0.3, -0.25) is 0 Å². The quantitative estimate of drug-likeness (QED) is 0.371. The first-order valence-corrected chi connectivity index (χ1v) is 8.12. The van der Waals surface area contributed by atoms with E-state index in [0.29, 0.717) is 32.0 Å². The summed E-state index contributed by atoms with van der Waals surface area (Å²) in [6, 6.07) is 0. The van der Waals surface area contributed by atoms with E-state index in [9.17, 15) is 4.79 Å². The number of hydrogen-bond acceptors (Lipinski definition) is 5. The van der Waals surface area contributed by atoms with Crippen LogP contribution >= 0.6 is 0 Å². The number of carbonyl (C=O) groups excluding carboxylic acids is 1. The Bertz CT molecular complexity index is 219. The van der Waals surface area contributed by atoms with Crippen molar-refractivity contribution in [1.82, 2.24) is 0 Å². The first kappa shape index (κ1) is 20.6. The third-order valence-corrected chi connectivity index (χ3v) is 3.51. The molecule has 5 nitrogen and oxygen atoms in total. The van der Waals surface area contributed by atoms with E-state index in [-0.39, 0.29) is 5.97 Å². The van der Waals surface area contributed by atoms with Crippen molar-refractivity contribution < 1.29 is 22.8 Å². The molecule has 0 aliphatic rings. The van der Waals surface area contributed by atoms with Crippen LogP contribution in [0.2, 0.25) is 0 Å². The summed E-state index contributed by atoms with van der Waals surface area (Å²) in [4.78, 5) is 10.6. The van der Waals surface area contributed by atoms with Crippen LogP contribution < -0.4 is 0 Å². The maximum atomic E-state index is 10.6. The minimum Gasteiger partial charge on any atom is -0.462 e. The zero-order chi connectivity index (χ0) is 15.1. The van der Waals surface area contributed by atoms with E-state index in [1.807, 2.05) is 27.7 Å². The Morgan fingerprint density at radius 2 is 1.42 bits per heavy atom. The second-order valence-corrected chi connectivity index (χ2v) is 5.15. The monoisotopic (exact) mass is 292 g/mol. The molecule has 0 aromatic heterocycles. The molecule has 0 saturated carbocycles. The molecule has 0 aliphatic carbocycles. The molecule has 0 aromatic rings. The number of carbonyl (C=O) groups is 1. The van der Waals surface area contributed by atoms with Crippen LogP contribution in [0.5, 0.6) is 0 Å². The van der Waals surface area contributed by atoms with Crippen molar-refractivity contribution >= 4 is 15.5 Å². The third kappa shape index (κ3) is 15.2. The first-order valence-electron chi connectivity index (χ1n) is 6.70. The van der Waals surface area contributed by atoms with Crippen LogP contribution in [0.3, 0.4) is 0 Å². The molecule has 0 unspecified atom stereocenters. The molecule has 114 valence electrons. The molecule has 0 amide bonds. The first-order chi connectivity index (χ1) is 9.03. The zero-order valence-electron chi connectivity index (χ0n) is 12.9. The average Bonchev–Trinajstić information content (AvgIpc) is 2.37. The predicted molar refractivity (Wildman–Crippen MR) is 78.1 cm³/mol. The predicted octanol–water partition coefficient (Wildman–Crippen LogP) is 2.33. The molecule has 19 heavy (non-hydrogen) atoms. The molecular formula is C13H28O5Si. The molecule has 0 heterocycles. The van der Waals surface area contributed by atoms with E-state index in [2.05, 4.69) is 6.58 Å². The van der Waals surface area contributed by atoms with Crippen molar-refractivity contribution in [3.8, 4) is 0 Å². The van der Waals surface area contributed by atoms with E-state index in [0.717, 1.165) is 6.42 Å². The van der Waals surface area contributed by atoms with Crippen molar-refractivity contribution in [1.29, 1.82) is 0 Å². The van der Waals surface area contributed by atoms with Gasteiger partial charge in [-0.15, -0.1) is 0 Å². The summed E-state index contributed by atoms with van der Waals surface area (Å²) < 4.78 is 20.4. The van der Waals surface area contributed by atoms with Gasteiger partial charge in [-0.1, -0.05) is 13.5 Å². The van der Waals surface area contributed by atoms with Crippen LogP contribution in [0.4, 0.5) is 0 Å². The molecule has 0 N–H and O–H groups in total. The number of hydrogen-bond donors (Lipinski definition) is 0. The molecule has 0 saturated heterocycles. The molecular weight excluding hydrogens is 264 g/mol. The summed E-state index contributed by atoms with van der Waals surface area (Å²) in [6.45, 7) is 15.4. The van der Waals surface area contributed by atoms with Gasteiger partial charge in [-0.25, -0.2) is 4.79 Å². The van der Waals surface area contributed by atoms with Crippen molar-refractivity contribution in [2.75, 3.05) is 26.4 Å². The summed E-state index contributed by atoms with van der Waals surface area (Å²) in [5, 5.41) is 0. The van der Waals surface area contributed by atoms with Gasteiger partial charge >= 0.3 is 15.5 Å². The van der Waals surface area contributed by atoms with Crippen molar-refractivity contribution in [3.05, 3.63) is 12.2 Å². The Labute approximate surface area is 118 Å². The minimum atomic E-state index is -1.73. The van der Waals surface area contributed by atoms with Crippen molar-refractivity contribution in [2.24, 2.45) is 0 Å². The van der Waals surface area contributed by atoms with Crippen LogP contribution in [0.1, 0.15) is 41.0 Å². The maximum Gasteiger partial charge on any atom is 0.484 e. The van der Waals surface area contributed by atoms with Crippen LogP contribution in [0.25, 0.3) is 0 Å². The van der Waals surface area contributed by atoms with Gasteiger partial charge in [-0.2, -0.15) is 0 Å². The van der Waals surface area contributed by atoms with Crippen molar-refractivity contribution in [2.45, 2.75) is 41.0 Å². The highest BCUT2D eigenvalue weighted by atomic mass is 28.3. The summed E-state index contributed by atoms with van der Waals surface area (Å²) in [7, 11) is -1.73. The van der Waals surface area contributed by atoms with Gasteiger partial charge in [0.15, 0.2) is 0 Å². The second-order valence-electron chi connectivity index (χ2n) is 3.57. The number of rotatable bonds is 9. The van der Waals surface area contributed by atoms with Gasteiger partial charge < -0.3 is 18.0 Å². The summed E-state index contributed by atoms with van der Waals surface area (Å²) >= 11 is 0. The smallest absolute Gasteiger partial charge is 0.462 e. The lowest BCUT2D eigenvalue weighted by molar-refractivity contribution is -0.138. The maximum absolute atomic E-state index is 10.6. The van der Waals surface area contributed by atoms with E-state index in [1.165, 1.54) is 0 Å². The highest BCUT2D eigenvalue weighted by Gasteiger charge is 2.11. The number of ether oxygens (including phenoxy) is 1. The van der Waals surface area contributed by atoms with Gasteiger partial charge in [0.25, 0.3) is 0 Å². The molecule has 0 radical (unpaired) electrons. The highest BCUT2D eigenvalue weighted by molar-refractivity contribution is 6.36. The molecule has 0 bridgehead atoms. The van der Waals surface area contributed by atoms with Crippen molar-refractivity contribution in [3.63, 3.8) is 0 Å². The normalized spacial score (nSPS) is 9.79. The molecule has 0 rings (SSSR count). The third-order valence-electron chi connectivity index (χ3n) is 1.69. The van der Waals surface area contributed by atoms with Gasteiger partial charge in [0.2, 0.25) is 0 Å². The van der Waals surface area contributed by atoms with E-state index >= 15 is 0 Å². The largest absolute Gasteiger partial charge is 0.484 e. The Balaban J connectivity index is 0. The van der Waals surface area contributed by atoms with Crippen LogP contribution in [-0.2, 0) is 22.8 Å². The Morgan fingerprint density at radius 3 is 1.68 bits per heavy atom. The van der Waals surface area contributed by atoms with E-state index in [4.69, 9.17) is 18.0 Å². The van der Waals surface area contributed by atoms with E-state index in [1.54, 1.807) is 6.92 Å². The Kier molecular flexibility index (Phi) is 16.7. The summed E-state index contributed by atoms with van der Waals surface area (Å²) in [6.07, 6.45) is 0.860. The standard InChI is InChI=1S/C7H12O2.C6H16O3Si/c1-4-5-9-7(8)6(2)3;1-4-7-10(8-5-2)9-6-3/h2,4-5H2,1,3H3;10H,4-6H2,1-3H3. The van der Waals surface area contributed by atoms with E-state index < -0.39 is 9.53 Å². The molecule has 0 fully saturated rings. The van der Waals surface area contributed by atoms with Crippen LogP contribution in [0, 0.1) is 0 Å². The molecule has 0 atom stereocenters. The lowest BCUT2D eigenvalue weighted by Crippen LogP contribution is -2.27. The SMILES string of the molecule is C=C(C)C(=O)OCCC.CCO[SiH](OCC)OCC. The van der Waals surface area contributed by atoms with Gasteiger partial charge in [0.1, 0.15) is 0 Å². The second kappa shape index (κ2) is 15.4. The zero-order valence-corrected chi connectivity index (χ0v) is 14.0. The fourth-order valence-electron chi connectivity index (χ4n) is 0.871. The van der Waals surface area contributed by atoms with Gasteiger partial charge in [0, 0.05) is 25.4 Å². The molecule has 0 spiro atoms. The number of esters is 1. The van der Waals surface area contributed by atoms with Crippen LogP contribution in [-0.4, -0.2) is 41.9 Å². The fraction of sp³-hybridized carbons (Fsp3) is 0.769.